The Morgan fingerprint density at radius 3 is 2.50 bits per heavy atom. The van der Waals surface area contributed by atoms with E-state index in [4.69, 9.17) is 4.74 Å². The summed E-state index contributed by atoms with van der Waals surface area (Å²) in [5.74, 6) is -1.14. The summed E-state index contributed by atoms with van der Waals surface area (Å²) in [6.45, 7) is 1.86. The minimum absolute atomic E-state index is 0.00913. The fourth-order valence-electron chi connectivity index (χ4n) is 2.71. The molecule has 0 N–H and O–H groups in total. The van der Waals surface area contributed by atoms with E-state index < -0.39 is 21.7 Å². The van der Waals surface area contributed by atoms with Crippen molar-refractivity contribution in [1.29, 1.82) is 0 Å². The molecule has 0 radical (unpaired) electrons. The van der Waals surface area contributed by atoms with Gasteiger partial charge in [0, 0.05) is 6.26 Å². The maximum atomic E-state index is 12.8. The first-order valence-electron chi connectivity index (χ1n) is 8.43. The molecule has 146 valence electrons. The molecule has 0 atom stereocenters. The molecule has 1 heterocycles. The van der Waals surface area contributed by atoms with Crippen LogP contribution in [0, 0.1) is 0 Å². The second-order valence-corrected chi connectivity index (χ2v) is 8.92. The van der Waals surface area contributed by atoms with Gasteiger partial charge in [-0.05, 0) is 31.2 Å². The number of thiazole rings is 1. The summed E-state index contributed by atoms with van der Waals surface area (Å²) in [5, 5.41) is 0. The molecule has 28 heavy (non-hydrogen) atoms. The highest BCUT2D eigenvalue weighted by molar-refractivity contribution is 7.90. The Morgan fingerprint density at radius 2 is 1.79 bits per heavy atom. The van der Waals surface area contributed by atoms with E-state index in [2.05, 4.69) is 4.99 Å². The van der Waals surface area contributed by atoms with E-state index in [0.29, 0.717) is 4.80 Å². The van der Waals surface area contributed by atoms with Crippen LogP contribution in [-0.4, -0.2) is 37.7 Å². The summed E-state index contributed by atoms with van der Waals surface area (Å²) in [4.78, 5) is 29.1. The Balaban J connectivity index is 2.15. The van der Waals surface area contributed by atoms with Crippen LogP contribution in [0.25, 0.3) is 10.2 Å². The van der Waals surface area contributed by atoms with Crippen molar-refractivity contribution in [3.63, 3.8) is 0 Å². The minimum atomic E-state index is -3.59. The molecule has 0 spiro atoms. The lowest BCUT2D eigenvalue weighted by Gasteiger charge is -2.06. The predicted molar refractivity (Wildman–Crippen MR) is 106 cm³/mol. The summed E-state index contributed by atoms with van der Waals surface area (Å²) < 4.78 is 31.4. The molecule has 0 aliphatic rings. The van der Waals surface area contributed by atoms with Gasteiger partial charge in [-0.1, -0.05) is 35.6 Å². The van der Waals surface area contributed by atoms with Crippen molar-refractivity contribution >= 4 is 43.3 Å². The Bertz CT molecular complexity index is 1220. The van der Waals surface area contributed by atoms with Gasteiger partial charge in [0.15, 0.2) is 14.6 Å². The van der Waals surface area contributed by atoms with Crippen LogP contribution in [0.15, 0.2) is 58.4 Å². The van der Waals surface area contributed by atoms with Crippen LogP contribution in [0.3, 0.4) is 0 Å². The summed E-state index contributed by atoms with van der Waals surface area (Å²) >= 11 is 1.24. The maximum absolute atomic E-state index is 12.8. The zero-order chi connectivity index (χ0) is 20.3. The topological polar surface area (TPSA) is 94.8 Å². The monoisotopic (exact) mass is 418 g/mol. The van der Waals surface area contributed by atoms with Gasteiger partial charge < -0.3 is 9.30 Å². The van der Waals surface area contributed by atoms with E-state index in [1.54, 1.807) is 23.6 Å². The minimum Gasteiger partial charge on any atom is -0.465 e. The van der Waals surface area contributed by atoms with Gasteiger partial charge in [0.25, 0.3) is 5.91 Å². The zero-order valence-corrected chi connectivity index (χ0v) is 16.9. The lowest BCUT2D eigenvalue weighted by molar-refractivity contribution is -0.143. The van der Waals surface area contributed by atoms with E-state index >= 15 is 0 Å². The van der Waals surface area contributed by atoms with Crippen molar-refractivity contribution in [3.8, 4) is 0 Å². The Labute approximate surface area is 165 Å². The van der Waals surface area contributed by atoms with Crippen molar-refractivity contribution in [2.75, 3.05) is 12.9 Å². The van der Waals surface area contributed by atoms with Gasteiger partial charge in [0.05, 0.1) is 27.3 Å². The standard InChI is InChI=1S/C19H18N2O5S2/c1-3-26-17(22)12-21-14-9-5-6-10-15(14)27-19(21)20-18(23)13-8-4-7-11-16(13)28(2,24)25/h4-11H,3,12H2,1-2H3. The molecule has 3 aromatic rings. The maximum Gasteiger partial charge on any atom is 0.326 e. The number of nitrogens with zero attached hydrogens (tertiary/aromatic N) is 2. The van der Waals surface area contributed by atoms with E-state index in [1.165, 1.54) is 23.5 Å². The van der Waals surface area contributed by atoms with Gasteiger partial charge in [-0.2, -0.15) is 4.99 Å². The van der Waals surface area contributed by atoms with Gasteiger partial charge in [0.1, 0.15) is 6.54 Å². The highest BCUT2D eigenvalue weighted by Gasteiger charge is 2.19. The second-order valence-electron chi connectivity index (χ2n) is 5.93. The third-order valence-electron chi connectivity index (χ3n) is 3.89. The van der Waals surface area contributed by atoms with Crippen LogP contribution in [0.1, 0.15) is 17.3 Å². The quantitative estimate of drug-likeness (QED) is 0.593. The lowest BCUT2D eigenvalue weighted by Crippen LogP contribution is -2.23. The number of aromatic nitrogens is 1. The van der Waals surface area contributed by atoms with E-state index in [9.17, 15) is 18.0 Å². The molecule has 0 saturated carbocycles. The molecule has 0 aliphatic carbocycles. The largest absolute Gasteiger partial charge is 0.465 e. The molecule has 0 unspecified atom stereocenters. The molecule has 0 saturated heterocycles. The molecule has 0 aliphatic heterocycles. The lowest BCUT2D eigenvalue weighted by atomic mass is 10.2. The average molecular weight is 418 g/mol. The van der Waals surface area contributed by atoms with Crippen molar-refractivity contribution < 1.29 is 22.7 Å². The van der Waals surface area contributed by atoms with E-state index in [-0.39, 0.29) is 23.6 Å². The number of rotatable bonds is 5. The first kappa shape index (κ1) is 20.0. The van der Waals surface area contributed by atoms with Gasteiger partial charge in [-0.3, -0.25) is 9.59 Å². The number of sulfone groups is 1. The first-order chi connectivity index (χ1) is 13.3. The molecule has 0 fully saturated rings. The molecule has 7 nitrogen and oxygen atoms in total. The molecule has 1 amide bonds. The van der Waals surface area contributed by atoms with E-state index in [0.717, 1.165) is 16.5 Å². The number of ether oxygens (including phenoxy) is 1. The third-order valence-corrected chi connectivity index (χ3v) is 6.11. The highest BCUT2D eigenvalue weighted by Crippen LogP contribution is 2.19. The number of fused-ring (bicyclic) bond motifs is 1. The van der Waals surface area contributed by atoms with Crippen LogP contribution in [-0.2, 0) is 25.9 Å². The number of carbonyl (C=O) groups excluding carboxylic acids is 2. The zero-order valence-electron chi connectivity index (χ0n) is 15.3. The van der Waals surface area contributed by atoms with Crippen LogP contribution in [0.4, 0.5) is 0 Å². The fourth-order valence-corrected chi connectivity index (χ4v) is 4.62. The number of hydrogen-bond donors (Lipinski definition) is 0. The van der Waals surface area contributed by atoms with Crippen LogP contribution >= 0.6 is 11.3 Å². The number of carbonyl (C=O) groups is 2. The SMILES string of the molecule is CCOC(=O)Cn1c(=NC(=O)c2ccccc2S(C)(=O)=O)sc2ccccc21. The van der Waals surface area contributed by atoms with Crippen molar-refractivity contribution in [1.82, 2.24) is 4.57 Å². The van der Waals surface area contributed by atoms with Crippen molar-refractivity contribution in [2.24, 2.45) is 4.99 Å². The van der Waals surface area contributed by atoms with Crippen molar-refractivity contribution in [2.45, 2.75) is 18.4 Å². The summed E-state index contributed by atoms with van der Waals surface area (Å²) in [7, 11) is -3.59. The molecule has 0 bridgehead atoms. The smallest absolute Gasteiger partial charge is 0.326 e. The summed E-state index contributed by atoms with van der Waals surface area (Å²) in [6, 6.07) is 13.3. The van der Waals surface area contributed by atoms with E-state index in [1.807, 2.05) is 24.3 Å². The molecular formula is C19H18N2O5S2. The van der Waals surface area contributed by atoms with Gasteiger partial charge in [-0.25, -0.2) is 8.42 Å². The van der Waals surface area contributed by atoms with Crippen LogP contribution in [0.5, 0.6) is 0 Å². The molecule has 9 heteroatoms. The number of amides is 1. The van der Waals surface area contributed by atoms with Crippen molar-refractivity contribution in [3.05, 3.63) is 58.9 Å². The molecule has 1 aromatic heterocycles. The first-order valence-corrected chi connectivity index (χ1v) is 11.1. The number of hydrogen-bond acceptors (Lipinski definition) is 6. The fraction of sp³-hybridized carbons (Fsp3) is 0.211. The third kappa shape index (κ3) is 4.20. The number of para-hydroxylation sites is 1. The summed E-state index contributed by atoms with van der Waals surface area (Å²) in [6.07, 6.45) is 1.04. The molecule has 3 rings (SSSR count). The van der Waals surface area contributed by atoms with Gasteiger partial charge >= 0.3 is 5.97 Å². The number of benzene rings is 2. The highest BCUT2D eigenvalue weighted by atomic mass is 32.2. The second kappa shape index (κ2) is 8.07. The molecular weight excluding hydrogens is 400 g/mol. The van der Waals surface area contributed by atoms with Gasteiger partial charge in [0.2, 0.25) is 0 Å². The molecule has 2 aromatic carbocycles. The normalized spacial score (nSPS) is 12.3. The average Bonchev–Trinajstić information content (AvgIpc) is 2.98. The van der Waals surface area contributed by atoms with Crippen LogP contribution < -0.4 is 4.80 Å². The Kier molecular flexibility index (Phi) is 5.76. The number of esters is 1. The predicted octanol–water partition coefficient (Wildman–Crippen LogP) is 2.41. The Hall–Kier alpha value is -2.78. The van der Waals surface area contributed by atoms with Crippen LogP contribution in [0.2, 0.25) is 0 Å². The Morgan fingerprint density at radius 1 is 1.11 bits per heavy atom. The summed E-state index contributed by atoms with van der Waals surface area (Å²) in [5.41, 5.74) is 0.730. The van der Waals surface area contributed by atoms with Gasteiger partial charge in [-0.15, -0.1) is 0 Å².